The van der Waals surface area contributed by atoms with Crippen LogP contribution in [-0.2, 0) is 11.4 Å². The fourth-order valence-electron chi connectivity index (χ4n) is 1.58. The number of aliphatic carboxylic acids is 1. The van der Waals surface area contributed by atoms with Gasteiger partial charge in [-0.3, -0.25) is 4.79 Å². The second-order valence-electron chi connectivity index (χ2n) is 4.20. The molecule has 0 amide bonds. The molecule has 6 nitrogen and oxygen atoms in total. The molecule has 0 fully saturated rings. The van der Waals surface area contributed by atoms with Crippen molar-refractivity contribution in [2.24, 2.45) is 0 Å². The summed E-state index contributed by atoms with van der Waals surface area (Å²) in [6.45, 7) is 4.13. The Morgan fingerprint density at radius 1 is 1.40 bits per heavy atom. The monoisotopic (exact) mass is 294 g/mol. The van der Waals surface area contributed by atoms with Gasteiger partial charge in [0, 0.05) is 0 Å². The number of aromatic nitrogens is 2. The number of rotatable bonds is 6. The molecule has 0 unspecified atom stereocenters. The largest absolute Gasteiger partial charge is 0.484 e. The van der Waals surface area contributed by atoms with Crippen LogP contribution in [0.25, 0.3) is 0 Å². The lowest BCUT2D eigenvalue weighted by Gasteiger charge is -2.07. The van der Waals surface area contributed by atoms with Gasteiger partial charge in [-0.25, -0.2) is 0 Å². The number of carboxylic acids is 1. The Labute approximate surface area is 120 Å². The van der Waals surface area contributed by atoms with Crippen LogP contribution >= 0.6 is 11.8 Å². The van der Waals surface area contributed by atoms with Crippen molar-refractivity contribution in [3.63, 3.8) is 0 Å². The molecule has 1 heterocycles. The van der Waals surface area contributed by atoms with Crippen molar-refractivity contribution in [2.75, 3.05) is 5.75 Å². The Morgan fingerprint density at radius 2 is 2.20 bits per heavy atom. The fraction of sp³-hybridized carbons (Fsp3) is 0.308. The smallest absolute Gasteiger partial charge is 0.314 e. The van der Waals surface area contributed by atoms with Crippen LogP contribution in [-0.4, -0.2) is 27.0 Å². The van der Waals surface area contributed by atoms with Crippen LogP contribution in [0.5, 0.6) is 5.75 Å². The molecule has 1 aromatic heterocycles. The first kappa shape index (κ1) is 14.4. The number of aryl methyl sites for hydroxylation is 2. The number of carbonyl (C=O) groups is 1. The summed E-state index contributed by atoms with van der Waals surface area (Å²) in [7, 11) is 0. The number of hydrogen-bond donors (Lipinski definition) is 1. The fourth-order valence-corrected chi connectivity index (χ4v) is 2.08. The maximum Gasteiger partial charge on any atom is 0.314 e. The molecule has 0 saturated heterocycles. The highest BCUT2D eigenvalue weighted by molar-refractivity contribution is 7.99. The zero-order chi connectivity index (χ0) is 14.5. The third-order valence-corrected chi connectivity index (χ3v) is 3.25. The summed E-state index contributed by atoms with van der Waals surface area (Å²) in [5.41, 5.74) is 2.20. The van der Waals surface area contributed by atoms with E-state index in [1.165, 1.54) is 5.56 Å². The van der Waals surface area contributed by atoms with Crippen LogP contribution in [0, 0.1) is 13.8 Å². The van der Waals surface area contributed by atoms with Gasteiger partial charge in [0.1, 0.15) is 11.5 Å². The maximum atomic E-state index is 10.4. The van der Waals surface area contributed by atoms with Gasteiger partial charge in [0.15, 0.2) is 6.61 Å². The minimum Gasteiger partial charge on any atom is -0.484 e. The first-order valence-corrected chi connectivity index (χ1v) is 6.90. The predicted octanol–water partition coefficient (Wildman–Crippen LogP) is 2.44. The minimum absolute atomic E-state index is 0.112. The summed E-state index contributed by atoms with van der Waals surface area (Å²) in [5, 5.41) is 16.3. The molecule has 0 bridgehead atoms. The van der Waals surface area contributed by atoms with E-state index in [-0.39, 0.29) is 17.6 Å². The first-order valence-electron chi connectivity index (χ1n) is 5.91. The second kappa shape index (κ2) is 6.42. The summed E-state index contributed by atoms with van der Waals surface area (Å²) >= 11 is 0.981. The SMILES string of the molecule is Cc1ccc(OCc2nnc(SCC(=O)O)o2)c(C)c1. The topological polar surface area (TPSA) is 85.5 Å². The Balaban J connectivity index is 1.92. The molecule has 106 valence electrons. The van der Waals surface area contributed by atoms with E-state index in [1.54, 1.807) is 0 Å². The van der Waals surface area contributed by atoms with E-state index in [4.69, 9.17) is 14.3 Å². The molecule has 1 N–H and O–H groups in total. The molecule has 0 radical (unpaired) electrons. The second-order valence-corrected chi connectivity index (χ2v) is 5.13. The molecule has 2 aromatic rings. The molecule has 2 rings (SSSR count). The number of benzene rings is 1. The van der Waals surface area contributed by atoms with Crippen LogP contribution in [0.1, 0.15) is 17.0 Å². The molecule has 0 aliphatic carbocycles. The number of thioether (sulfide) groups is 1. The van der Waals surface area contributed by atoms with Crippen molar-refractivity contribution in [1.29, 1.82) is 0 Å². The molecule has 0 saturated carbocycles. The lowest BCUT2D eigenvalue weighted by Crippen LogP contribution is -1.97. The quantitative estimate of drug-likeness (QED) is 0.819. The van der Waals surface area contributed by atoms with E-state index < -0.39 is 5.97 Å². The number of carboxylic acid groups (broad SMARTS) is 1. The van der Waals surface area contributed by atoms with E-state index in [9.17, 15) is 4.79 Å². The summed E-state index contributed by atoms with van der Waals surface area (Å²) in [4.78, 5) is 10.4. The Morgan fingerprint density at radius 3 is 2.90 bits per heavy atom. The van der Waals surface area contributed by atoms with Gasteiger partial charge in [-0.1, -0.05) is 29.5 Å². The third kappa shape index (κ3) is 3.99. The number of hydrogen-bond acceptors (Lipinski definition) is 6. The van der Waals surface area contributed by atoms with E-state index in [2.05, 4.69) is 10.2 Å². The average molecular weight is 294 g/mol. The highest BCUT2D eigenvalue weighted by atomic mass is 32.2. The van der Waals surface area contributed by atoms with Gasteiger partial charge in [0.2, 0.25) is 0 Å². The van der Waals surface area contributed by atoms with Crippen LogP contribution in [0.4, 0.5) is 0 Å². The Bertz CT molecular complexity index is 612. The summed E-state index contributed by atoms with van der Waals surface area (Å²) in [6.07, 6.45) is 0. The van der Waals surface area contributed by atoms with Gasteiger partial charge in [0.25, 0.3) is 11.1 Å². The molecular weight excluding hydrogens is 280 g/mol. The van der Waals surface area contributed by atoms with Crippen LogP contribution < -0.4 is 4.74 Å². The van der Waals surface area contributed by atoms with Crippen LogP contribution in [0.15, 0.2) is 27.8 Å². The van der Waals surface area contributed by atoms with Crippen LogP contribution in [0.2, 0.25) is 0 Å². The summed E-state index contributed by atoms with van der Waals surface area (Å²) in [6, 6.07) is 5.88. The Kier molecular flexibility index (Phi) is 4.62. The van der Waals surface area contributed by atoms with Gasteiger partial charge in [-0.05, 0) is 25.5 Å². The molecule has 7 heteroatoms. The third-order valence-electron chi connectivity index (χ3n) is 2.45. The van der Waals surface area contributed by atoms with E-state index in [1.807, 2.05) is 32.0 Å². The highest BCUT2D eigenvalue weighted by Gasteiger charge is 2.10. The normalized spacial score (nSPS) is 10.5. The summed E-state index contributed by atoms with van der Waals surface area (Å²) < 4.78 is 10.9. The standard InChI is InChI=1S/C13H14N2O4S/c1-8-3-4-10(9(2)5-8)18-6-11-14-15-13(19-11)20-7-12(16)17/h3-5H,6-7H2,1-2H3,(H,16,17). The van der Waals surface area contributed by atoms with Crippen molar-refractivity contribution in [2.45, 2.75) is 25.7 Å². The molecule has 0 aliphatic heterocycles. The van der Waals surface area contributed by atoms with Crippen molar-refractivity contribution in [3.05, 3.63) is 35.2 Å². The average Bonchev–Trinajstić information content (AvgIpc) is 2.83. The zero-order valence-corrected chi connectivity index (χ0v) is 11.9. The van der Waals surface area contributed by atoms with Gasteiger partial charge in [0.05, 0.1) is 0 Å². The lowest BCUT2D eigenvalue weighted by atomic mass is 10.1. The summed E-state index contributed by atoms with van der Waals surface area (Å²) in [5.74, 6) is 0.0345. The van der Waals surface area contributed by atoms with Gasteiger partial charge >= 0.3 is 5.97 Å². The van der Waals surface area contributed by atoms with E-state index in [0.717, 1.165) is 23.1 Å². The molecule has 0 aliphatic rings. The first-order chi connectivity index (χ1) is 9.54. The Hall–Kier alpha value is -2.02. The minimum atomic E-state index is -0.929. The number of nitrogens with zero attached hydrogens (tertiary/aromatic N) is 2. The zero-order valence-electron chi connectivity index (χ0n) is 11.1. The van der Waals surface area contributed by atoms with Crippen LogP contribution in [0.3, 0.4) is 0 Å². The lowest BCUT2D eigenvalue weighted by molar-refractivity contribution is -0.133. The highest BCUT2D eigenvalue weighted by Crippen LogP contribution is 2.21. The van der Waals surface area contributed by atoms with E-state index >= 15 is 0 Å². The van der Waals surface area contributed by atoms with Gasteiger partial charge in [-0.2, -0.15) is 0 Å². The van der Waals surface area contributed by atoms with Gasteiger partial charge in [-0.15, -0.1) is 10.2 Å². The van der Waals surface area contributed by atoms with Crippen molar-refractivity contribution < 1.29 is 19.1 Å². The van der Waals surface area contributed by atoms with Crippen molar-refractivity contribution in [1.82, 2.24) is 10.2 Å². The van der Waals surface area contributed by atoms with Gasteiger partial charge < -0.3 is 14.3 Å². The molecule has 0 atom stereocenters. The number of ether oxygens (including phenoxy) is 1. The predicted molar refractivity (Wildman–Crippen MR) is 72.9 cm³/mol. The molecule has 0 spiro atoms. The van der Waals surface area contributed by atoms with Crippen molar-refractivity contribution >= 4 is 17.7 Å². The maximum absolute atomic E-state index is 10.4. The van der Waals surface area contributed by atoms with E-state index in [0.29, 0.717) is 5.89 Å². The van der Waals surface area contributed by atoms with Crippen molar-refractivity contribution in [3.8, 4) is 5.75 Å². The molecule has 1 aromatic carbocycles. The molecular formula is C13H14N2O4S. The molecule has 20 heavy (non-hydrogen) atoms.